The predicted octanol–water partition coefficient (Wildman–Crippen LogP) is 3.01. The quantitative estimate of drug-likeness (QED) is 0.397. The van der Waals surface area contributed by atoms with Gasteiger partial charge >= 0.3 is 11.9 Å². The summed E-state index contributed by atoms with van der Waals surface area (Å²) in [6.45, 7) is 2.51. The maximum absolute atomic E-state index is 12.3. The summed E-state index contributed by atoms with van der Waals surface area (Å²) in [6, 6.07) is 8.97. The van der Waals surface area contributed by atoms with Gasteiger partial charge in [0.05, 0.1) is 6.61 Å². The zero-order valence-electron chi connectivity index (χ0n) is 14.0. The van der Waals surface area contributed by atoms with Crippen LogP contribution in [0.5, 0.6) is 0 Å². The van der Waals surface area contributed by atoms with Crippen molar-refractivity contribution < 1.29 is 23.6 Å². The number of carbonyl (C=O) groups excluding carboxylic acids is 2. The van der Waals surface area contributed by atoms with Crippen molar-refractivity contribution >= 4 is 18.2 Å². The fourth-order valence-corrected chi connectivity index (χ4v) is 2.37. The van der Waals surface area contributed by atoms with E-state index in [4.69, 9.17) is 9.47 Å². The molecule has 0 saturated heterocycles. The minimum Gasteiger partial charge on any atom is -0.463 e. The smallest absolute Gasteiger partial charge is 0.373 e. The normalized spacial score (nSPS) is 14.1. The second-order valence-corrected chi connectivity index (χ2v) is 5.63. The van der Waals surface area contributed by atoms with Crippen molar-refractivity contribution in [3.8, 4) is 0 Å². The molecule has 0 aromatic heterocycles. The molecule has 0 bridgehead atoms. The van der Waals surface area contributed by atoms with E-state index in [2.05, 4.69) is 6.92 Å². The Morgan fingerprint density at radius 2 is 2.00 bits per heavy atom. The van der Waals surface area contributed by atoms with Crippen LogP contribution in [0.25, 0.3) is 0 Å². The summed E-state index contributed by atoms with van der Waals surface area (Å²) in [6.07, 6.45) is 8.30. The van der Waals surface area contributed by atoms with Crippen LogP contribution in [0.2, 0.25) is 0 Å². The van der Waals surface area contributed by atoms with E-state index < -0.39 is 18.0 Å². The van der Waals surface area contributed by atoms with Gasteiger partial charge in [-0.25, -0.2) is 9.59 Å². The van der Waals surface area contributed by atoms with Gasteiger partial charge in [0.25, 0.3) is 0 Å². The largest absolute Gasteiger partial charge is 0.463 e. The number of unbranched alkanes of at least 4 members (excludes halogenated alkanes) is 2. The van der Waals surface area contributed by atoms with E-state index >= 15 is 0 Å². The number of esters is 2. The maximum atomic E-state index is 12.3. The molecule has 1 aromatic carbocycles. The fraction of sp³-hybridized carbons (Fsp3) is 0.421. The number of hydrogen-bond donors (Lipinski definition) is 0. The van der Waals surface area contributed by atoms with E-state index in [1.165, 1.54) is 0 Å². The van der Waals surface area contributed by atoms with Gasteiger partial charge in [-0.15, -0.1) is 0 Å². The molecule has 5 nitrogen and oxygen atoms in total. The highest BCUT2D eigenvalue weighted by molar-refractivity contribution is 5.81. The van der Waals surface area contributed by atoms with Gasteiger partial charge in [-0.05, 0) is 12.5 Å². The van der Waals surface area contributed by atoms with Crippen molar-refractivity contribution in [1.29, 1.82) is 0 Å². The number of nitrogens with zero attached hydrogens (tertiary/aromatic N) is 1. The first-order valence-corrected chi connectivity index (χ1v) is 8.37. The molecule has 5 heteroatoms. The van der Waals surface area contributed by atoms with Gasteiger partial charge in [-0.3, -0.25) is 0 Å². The van der Waals surface area contributed by atoms with Gasteiger partial charge in [0.1, 0.15) is 6.21 Å². The Labute approximate surface area is 142 Å². The molecule has 128 valence electrons. The third-order valence-corrected chi connectivity index (χ3v) is 3.64. The van der Waals surface area contributed by atoms with Crippen LogP contribution in [-0.4, -0.2) is 35.9 Å². The number of rotatable bonds is 9. The molecule has 0 aliphatic carbocycles. The molecule has 1 atom stereocenters. The fourth-order valence-electron chi connectivity index (χ4n) is 2.37. The van der Waals surface area contributed by atoms with Crippen LogP contribution in [0, 0.1) is 0 Å². The molecule has 1 aliphatic rings. The van der Waals surface area contributed by atoms with Crippen LogP contribution < -0.4 is 0 Å². The highest BCUT2D eigenvalue weighted by Crippen LogP contribution is 2.19. The van der Waals surface area contributed by atoms with Crippen LogP contribution in [0.4, 0.5) is 0 Å². The second kappa shape index (κ2) is 9.65. The zero-order valence-corrected chi connectivity index (χ0v) is 14.0. The molecule has 1 unspecified atom stereocenters. The summed E-state index contributed by atoms with van der Waals surface area (Å²) in [5.41, 5.74) is 0.618. The van der Waals surface area contributed by atoms with E-state index in [1.807, 2.05) is 24.6 Å². The average Bonchev–Trinajstić information content (AvgIpc) is 3.10. The number of allylic oxidation sites excluding steroid dienone is 1. The van der Waals surface area contributed by atoms with Crippen LogP contribution in [-0.2, 0) is 19.1 Å². The lowest BCUT2D eigenvalue weighted by atomic mass is 10.1. The van der Waals surface area contributed by atoms with Crippen LogP contribution in [0.15, 0.2) is 42.6 Å². The van der Waals surface area contributed by atoms with Gasteiger partial charge in [-0.1, -0.05) is 50.1 Å². The van der Waals surface area contributed by atoms with Crippen molar-refractivity contribution in [2.45, 2.75) is 38.7 Å². The summed E-state index contributed by atoms with van der Waals surface area (Å²) >= 11 is 0. The average molecular weight is 330 g/mol. The van der Waals surface area contributed by atoms with Crippen molar-refractivity contribution in [1.82, 2.24) is 0 Å². The molecule has 0 spiro atoms. The van der Waals surface area contributed by atoms with E-state index in [0.29, 0.717) is 12.2 Å². The number of benzene rings is 1. The van der Waals surface area contributed by atoms with Crippen LogP contribution in [0.1, 0.15) is 44.3 Å². The molecule has 1 aromatic rings. The first-order valence-electron chi connectivity index (χ1n) is 8.37. The summed E-state index contributed by atoms with van der Waals surface area (Å²) in [5, 5.41) is 0. The summed E-state index contributed by atoms with van der Waals surface area (Å²) in [7, 11) is 0. The van der Waals surface area contributed by atoms with Gasteiger partial charge in [0, 0.05) is 12.0 Å². The topological polar surface area (TPSA) is 55.6 Å². The third-order valence-electron chi connectivity index (χ3n) is 3.64. The summed E-state index contributed by atoms with van der Waals surface area (Å²) in [4.78, 5) is 24.5. The van der Waals surface area contributed by atoms with Crippen molar-refractivity contribution in [2.24, 2.45) is 0 Å². The minimum absolute atomic E-state index is 0.0863. The first kappa shape index (κ1) is 17.9. The van der Waals surface area contributed by atoms with Crippen LogP contribution >= 0.6 is 0 Å². The van der Waals surface area contributed by atoms with E-state index in [0.717, 1.165) is 25.7 Å². The Balaban J connectivity index is 1.98. The van der Waals surface area contributed by atoms with E-state index in [-0.39, 0.29) is 6.54 Å². The molecule has 0 fully saturated rings. The van der Waals surface area contributed by atoms with Crippen LogP contribution in [0.3, 0.4) is 0 Å². The lowest BCUT2D eigenvalue weighted by molar-refractivity contribution is -0.440. The molecule has 0 N–H and O–H groups in total. The van der Waals surface area contributed by atoms with Gasteiger partial charge in [-0.2, -0.15) is 4.58 Å². The number of ether oxygens (including phenoxy) is 2. The number of hydrogen-bond acceptors (Lipinski definition) is 4. The monoisotopic (exact) mass is 330 g/mol. The third kappa shape index (κ3) is 5.65. The van der Waals surface area contributed by atoms with Gasteiger partial charge in [0.2, 0.25) is 12.6 Å². The standard InChI is InChI=1S/C19H24NO4/c1-2-3-9-14-23-19(22)18(16-10-5-4-6-11-16)24-17(21)15-20-12-7-8-13-20/h4-7,10-13,18H,2-3,8-9,14-15H2,1H3/q+1. The Bertz CT molecular complexity index is 607. The molecule has 1 aliphatic heterocycles. The highest BCUT2D eigenvalue weighted by Gasteiger charge is 2.28. The molecular weight excluding hydrogens is 306 g/mol. The molecule has 0 radical (unpaired) electrons. The van der Waals surface area contributed by atoms with Gasteiger partial charge in [0.15, 0.2) is 6.20 Å². The van der Waals surface area contributed by atoms with Crippen molar-refractivity contribution in [2.75, 3.05) is 13.2 Å². The summed E-state index contributed by atoms with van der Waals surface area (Å²) in [5.74, 6) is -0.983. The SMILES string of the molecule is CCCCCOC(=O)C(OC(=O)C[N+]1=CCC=C1)c1ccccc1. The van der Waals surface area contributed by atoms with Crippen molar-refractivity contribution in [3.05, 3.63) is 48.2 Å². The van der Waals surface area contributed by atoms with Gasteiger partial charge < -0.3 is 9.47 Å². The Morgan fingerprint density at radius 3 is 2.67 bits per heavy atom. The molecule has 1 heterocycles. The Morgan fingerprint density at radius 1 is 1.21 bits per heavy atom. The Kier molecular flexibility index (Phi) is 7.21. The van der Waals surface area contributed by atoms with E-state index in [1.54, 1.807) is 28.8 Å². The maximum Gasteiger partial charge on any atom is 0.373 e. The summed E-state index contributed by atoms with van der Waals surface area (Å²) < 4.78 is 12.4. The molecule has 24 heavy (non-hydrogen) atoms. The molecular formula is C19H24NO4+. The lowest BCUT2D eigenvalue weighted by Gasteiger charge is -2.16. The Hall–Kier alpha value is -2.43. The zero-order chi connectivity index (χ0) is 17.2. The van der Waals surface area contributed by atoms with E-state index in [9.17, 15) is 9.59 Å². The molecule has 2 rings (SSSR count). The highest BCUT2D eigenvalue weighted by atomic mass is 16.6. The van der Waals surface area contributed by atoms with Crippen molar-refractivity contribution in [3.63, 3.8) is 0 Å². The molecule has 0 saturated carbocycles. The number of carbonyl (C=O) groups is 2. The first-order chi connectivity index (χ1) is 11.7. The second-order valence-electron chi connectivity index (χ2n) is 5.63. The predicted molar refractivity (Wildman–Crippen MR) is 90.7 cm³/mol. The minimum atomic E-state index is -1.02. The molecule has 0 amide bonds. The lowest BCUT2D eigenvalue weighted by Crippen LogP contribution is -2.26.